The third-order valence-corrected chi connectivity index (χ3v) is 8.55. The van der Waals surface area contributed by atoms with E-state index >= 15 is 0 Å². The minimum Gasteiger partial charge on any atom is -0.341 e. The standard InChI is InChI=1S/C30H39ClN8O3/c1-3-4-16-38-25-26(34-29(38)37-15-5-7-23(32)20-37)35(2)30(42)39(28(25)41)17-6-14-36-18-12-21(13-19-36)27(40)33-24-10-8-22(31)9-11-24/h8-11,21,23H,5-7,12-20,32H2,1-2H3,(H,33,40)/t23-/m1/s1. The summed E-state index contributed by atoms with van der Waals surface area (Å²) in [5.41, 5.74) is 7.01. The van der Waals surface area contributed by atoms with Gasteiger partial charge in [0.25, 0.3) is 5.56 Å². The molecule has 42 heavy (non-hydrogen) atoms. The van der Waals surface area contributed by atoms with Gasteiger partial charge in [0.15, 0.2) is 11.2 Å². The number of benzene rings is 1. The molecule has 2 aromatic heterocycles. The lowest BCUT2D eigenvalue weighted by Crippen LogP contribution is -2.44. The maximum Gasteiger partial charge on any atom is 0.332 e. The summed E-state index contributed by atoms with van der Waals surface area (Å²) >= 11 is 5.93. The van der Waals surface area contributed by atoms with Gasteiger partial charge >= 0.3 is 5.69 Å². The third kappa shape index (κ3) is 6.41. The zero-order valence-electron chi connectivity index (χ0n) is 24.3. The maximum absolute atomic E-state index is 13.7. The fourth-order valence-corrected chi connectivity index (χ4v) is 6.07. The Balaban J connectivity index is 1.26. The van der Waals surface area contributed by atoms with Crippen LogP contribution in [0.2, 0.25) is 5.02 Å². The van der Waals surface area contributed by atoms with Crippen molar-refractivity contribution >= 4 is 40.3 Å². The highest BCUT2D eigenvalue weighted by molar-refractivity contribution is 6.30. The average Bonchev–Trinajstić information content (AvgIpc) is 3.38. The van der Waals surface area contributed by atoms with E-state index < -0.39 is 0 Å². The predicted octanol–water partition coefficient (Wildman–Crippen LogP) is 2.24. The van der Waals surface area contributed by atoms with Gasteiger partial charge in [-0.25, -0.2) is 4.79 Å². The van der Waals surface area contributed by atoms with E-state index in [4.69, 9.17) is 22.3 Å². The molecule has 5 rings (SSSR count). The van der Waals surface area contributed by atoms with E-state index in [1.54, 1.807) is 38.2 Å². The molecule has 1 aromatic carbocycles. The van der Waals surface area contributed by atoms with E-state index in [2.05, 4.69) is 27.0 Å². The molecule has 2 fully saturated rings. The number of aryl methyl sites for hydroxylation is 1. The molecule has 2 saturated heterocycles. The lowest BCUT2D eigenvalue weighted by Gasteiger charge is -2.31. The second-order valence-corrected chi connectivity index (χ2v) is 11.6. The number of halogens is 1. The molecule has 0 radical (unpaired) electrons. The van der Waals surface area contributed by atoms with Crippen LogP contribution in [0.5, 0.6) is 0 Å². The van der Waals surface area contributed by atoms with Gasteiger partial charge < -0.3 is 20.9 Å². The van der Waals surface area contributed by atoms with Crippen LogP contribution >= 0.6 is 11.6 Å². The number of hydrogen-bond donors (Lipinski definition) is 2. The Morgan fingerprint density at radius 2 is 1.83 bits per heavy atom. The van der Waals surface area contributed by atoms with Gasteiger partial charge in [-0.1, -0.05) is 17.5 Å². The summed E-state index contributed by atoms with van der Waals surface area (Å²) in [5.74, 6) is 6.58. The van der Waals surface area contributed by atoms with Crippen molar-refractivity contribution in [2.45, 2.75) is 58.2 Å². The highest BCUT2D eigenvalue weighted by Gasteiger charge is 2.27. The van der Waals surface area contributed by atoms with Crippen molar-refractivity contribution < 1.29 is 4.79 Å². The van der Waals surface area contributed by atoms with Gasteiger partial charge in [-0.05, 0) is 82.9 Å². The van der Waals surface area contributed by atoms with Gasteiger partial charge in [0.05, 0.1) is 6.54 Å². The van der Waals surface area contributed by atoms with Crippen LogP contribution in [-0.2, 0) is 24.9 Å². The molecule has 3 aromatic rings. The highest BCUT2D eigenvalue weighted by atomic mass is 35.5. The SMILES string of the molecule is CC#CCn1c(N2CCC[C@@H](N)C2)nc2c1c(=O)n(CCCN1CCC(C(=O)Nc3ccc(Cl)cc3)CC1)c(=O)n2C. The second kappa shape index (κ2) is 13.2. The number of carbonyl (C=O) groups is 1. The number of nitrogens with zero attached hydrogens (tertiary/aromatic N) is 6. The van der Waals surface area contributed by atoms with Crippen LogP contribution in [0.25, 0.3) is 11.2 Å². The summed E-state index contributed by atoms with van der Waals surface area (Å²) in [7, 11) is 1.66. The molecule has 4 heterocycles. The molecular weight excluding hydrogens is 556 g/mol. The van der Waals surface area contributed by atoms with E-state index in [-0.39, 0.29) is 29.1 Å². The first-order valence-electron chi connectivity index (χ1n) is 14.7. The smallest absolute Gasteiger partial charge is 0.332 e. The largest absolute Gasteiger partial charge is 0.341 e. The van der Waals surface area contributed by atoms with Gasteiger partial charge in [-0.2, -0.15) is 4.98 Å². The molecule has 0 aliphatic carbocycles. The molecule has 2 aliphatic rings. The number of aromatic nitrogens is 4. The lowest BCUT2D eigenvalue weighted by atomic mass is 9.95. The number of nitrogens with one attached hydrogen (secondary N) is 1. The van der Waals surface area contributed by atoms with Crippen molar-refractivity contribution in [3.8, 4) is 11.8 Å². The maximum atomic E-state index is 13.7. The normalized spacial score (nSPS) is 18.2. The third-order valence-electron chi connectivity index (χ3n) is 8.29. The van der Waals surface area contributed by atoms with Crippen molar-refractivity contribution in [1.82, 2.24) is 23.6 Å². The Kier molecular flexibility index (Phi) is 9.36. The number of carbonyl (C=O) groups excluding carboxylic acids is 1. The Morgan fingerprint density at radius 3 is 2.52 bits per heavy atom. The zero-order chi connectivity index (χ0) is 29.8. The summed E-state index contributed by atoms with van der Waals surface area (Å²) in [6, 6.07) is 7.15. The van der Waals surface area contributed by atoms with Gasteiger partial charge in [-0.15, -0.1) is 5.92 Å². The first kappa shape index (κ1) is 29.9. The number of fused-ring (bicyclic) bond motifs is 1. The summed E-state index contributed by atoms with van der Waals surface area (Å²) in [5, 5.41) is 3.61. The Morgan fingerprint density at radius 1 is 1.10 bits per heavy atom. The van der Waals surface area contributed by atoms with E-state index in [0.717, 1.165) is 57.5 Å². The molecule has 1 atom stereocenters. The number of likely N-dealkylation sites (tertiary alicyclic amines) is 1. The number of imidazole rings is 1. The summed E-state index contributed by atoms with van der Waals surface area (Å²) in [4.78, 5) is 48.9. The van der Waals surface area contributed by atoms with Crippen LogP contribution < -0.4 is 27.2 Å². The molecule has 0 spiro atoms. The van der Waals surface area contributed by atoms with Gasteiger partial charge in [0, 0.05) is 49.4 Å². The summed E-state index contributed by atoms with van der Waals surface area (Å²) < 4.78 is 4.62. The molecular formula is C30H39ClN8O3. The molecule has 11 nitrogen and oxygen atoms in total. The summed E-state index contributed by atoms with van der Waals surface area (Å²) in [6.07, 6.45) is 4.04. The molecule has 1 amide bonds. The lowest BCUT2D eigenvalue weighted by molar-refractivity contribution is -0.121. The quantitative estimate of drug-likeness (QED) is 0.383. The van der Waals surface area contributed by atoms with Crippen molar-refractivity contribution in [2.75, 3.05) is 42.9 Å². The van der Waals surface area contributed by atoms with Gasteiger partial charge in [-0.3, -0.25) is 23.3 Å². The minimum atomic E-state index is -0.377. The monoisotopic (exact) mass is 594 g/mol. The van der Waals surface area contributed by atoms with E-state index in [1.165, 1.54) is 9.13 Å². The zero-order valence-corrected chi connectivity index (χ0v) is 25.1. The van der Waals surface area contributed by atoms with Crippen molar-refractivity contribution in [2.24, 2.45) is 18.7 Å². The van der Waals surface area contributed by atoms with Gasteiger partial charge in [0.2, 0.25) is 11.9 Å². The highest BCUT2D eigenvalue weighted by Crippen LogP contribution is 2.23. The van der Waals surface area contributed by atoms with Crippen molar-refractivity contribution in [3.63, 3.8) is 0 Å². The number of hydrogen-bond acceptors (Lipinski definition) is 7. The van der Waals surface area contributed by atoms with Crippen LogP contribution in [-0.4, -0.2) is 68.3 Å². The topological polar surface area (TPSA) is 123 Å². The molecule has 2 aliphatic heterocycles. The predicted molar refractivity (Wildman–Crippen MR) is 166 cm³/mol. The Bertz CT molecular complexity index is 1610. The van der Waals surface area contributed by atoms with Crippen LogP contribution in [0.4, 0.5) is 11.6 Å². The second-order valence-electron chi connectivity index (χ2n) is 11.2. The molecule has 0 saturated carbocycles. The molecule has 0 unspecified atom stereocenters. The van der Waals surface area contributed by atoms with Gasteiger partial charge in [0.1, 0.15) is 0 Å². The first-order chi connectivity index (χ1) is 20.3. The number of anilines is 2. The Labute approximate surface area is 250 Å². The average molecular weight is 595 g/mol. The van der Waals surface area contributed by atoms with E-state index in [0.29, 0.717) is 48.2 Å². The van der Waals surface area contributed by atoms with E-state index in [1.807, 2.05) is 4.57 Å². The fraction of sp³-hybridized carbons (Fsp3) is 0.533. The summed E-state index contributed by atoms with van der Waals surface area (Å²) in [6.45, 7) is 6.11. The van der Waals surface area contributed by atoms with Crippen molar-refractivity contribution in [3.05, 3.63) is 50.1 Å². The van der Waals surface area contributed by atoms with Crippen LogP contribution in [0.1, 0.15) is 39.0 Å². The Hall–Kier alpha value is -3.59. The molecule has 3 N–H and O–H groups in total. The number of nitrogens with two attached hydrogens (primary N) is 1. The van der Waals surface area contributed by atoms with Crippen LogP contribution in [0.3, 0.4) is 0 Å². The molecule has 12 heteroatoms. The molecule has 0 bridgehead atoms. The minimum absolute atomic E-state index is 0.0237. The first-order valence-corrected chi connectivity index (χ1v) is 15.0. The van der Waals surface area contributed by atoms with Crippen LogP contribution in [0.15, 0.2) is 33.9 Å². The molecule has 224 valence electrons. The number of amides is 1. The van der Waals surface area contributed by atoms with Crippen molar-refractivity contribution in [1.29, 1.82) is 0 Å². The fourth-order valence-electron chi connectivity index (χ4n) is 5.95. The number of piperidine rings is 2. The number of rotatable bonds is 8. The van der Waals surface area contributed by atoms with Crippen LogP contribution in [0, 0.1) is 17.8 Å². The van der Waals surface area contributed by atoms with E-state index in [9.17, 15) is 14.4 Å².